The molecule has 1 aromatic carbocycles. The van der Waals surface area contributed by atoms with Gasteiger partial charge >= 0.3 is 0 Å². The average Bonchev–Trinajstić information content (AvgIpc) is 2.78. The minimum atomic E-state index is -4.67. The van der Waals surface area contributed by atoms with Crippen LogP contribution < -0.4 is 0 Å². The van der Waals surface area contributed by atoms with Crippen LogP contribution in [0.3, 0.4) is 0 Å². The molecule has 0 heterocycles. The molecule has 3 aliphatic rings. The second-order valence-electron chi connectivity index (χ2n) is 10.1. The van der Waals surface area contributed by atoms with Gasteiger partial charge in [-0.2, -0.15) is 16.8 Å². The highest BCUT2D eigenvalue weighted by molar-refractivity contribution is 7.86. The van der Waals surface area contributed by atoms with E-state index in [0.717, 1.165) is 83.5 Å². The van der Waals surface area contributed by atoms with Crippen LogP contribution in [0.1, 0.15) is 131 Å². The third-order valence-corrected chi connectivity index (χ3v) is 9.89. The summed E-state index contributed by atoms with van der Waals surface area (Å²) in [5.74, 6) is -0.315. The van der Waals surface area contributed by atoms with Gasteiger partial charge in [0.2, 0.25) is 0 Å². The third-order valence-electron chi connectivity index (χ3n) is 7.94. The largest absolute Gasteiger partial charge is 0.295 e. The summed E-state index contributed by atoms with van der Waals surface area (Å²) in [7, 11) is -9.34. The second-order valence-corrected chi connectivity index (χ2v) is 12.8. The van der Waals surface area contributed by atoms with Crippen LogP contribution in [0.5, 0.6) is 0 Å². The maximum atomic E-state index is 12.8. The zero-order chi connectivity index (χ0) is 22.9. The molecular weight excluding hydrogens is 448 g/mol. The van der Waals surface area contributed by atoms with E-state index in [9.17, 15) is 25.9 Å². The number of rotatable bonds is 5. The maximum Gasteiger partial charge on any atom is 0.295 e. The highest BCUT2D eigenvalue weighted by Crippen LogP contribution is 2.49. The van der Waals surface area contributed by atoms with Gasteiger partial charge in [-0.1, -0.05) is 63.9 Å². The lowest BCUT2D eigenvalue weighted by molar-refractivity contribution is 0.402. The van der Waals surface area contributed by atoms with Crippen molar-refractivity contribution in [2.75, 3.05) is 0 Å². The predicted octanol–water partition coefficient (Wildman–Crippen LogP) is 6.32. The zero-order valence-electron chi connectivity index (χ0n) is 18.8. The number of hydrogen-bond donors (Lipinski definition) is 2. The molecule has 3 aliphatic carbocycles. The normalized spacial score (nSPS) is 22.8. The molecule has 180 valence electrons. The lowest BCUT2D eigenvalue weighted by atomic mass is 9.76. The maximum absolute atomic E-state index is 12.8. The van der Waals surface area contributed by atoms with Crippen molar-refractivity contribution in [2.45, 2.75) is 124 Å². The molecule has 0 bridgehead atoms. The van der Waals surface area contributed by atoms with Crippen LogP contribution in [0.2, 0.25) is 0 Å². The standard InChI is InChI=1S/C24H36O6S2/c25-31(26,27)23-20(17-10-4-1-5-11-17)16-21(18-12-6-2-7-13-18)24(32(28,29)30)22(23)19-14-8-3-9-15-19/h16-19H,1-15H2,(H,25,26,27)(H,28,29,30). The number of hydrogen-bond acceptors (Lipinski definition) is 4. The molecule has 0 aromatic heterocycles. The van der Waals surface area contributed by atoms with E-state index in [-0.39, 0.29) is 33.1 Å². The van der Waals surface area contributed by atoms with Crippen LogP contribution in [0.4, 0.5) is 0 Å². The van der Waals surface area contributed by atoms with Gasteiger partial charge in [0.25, 0.3) is 20.2 Å². The molecule has 0 saturated heterocycles. The van der Waals surface area contributed by atoms with Crippen molar-refractivity contribution in [2.24, 2.45) is 0 Å². The van der Waals surface area contributed by atoms with Crippen LogP contribution in [0.15, 0.2) is 15.9 Å². The van der Waals surface area contributed by atoms with Gasteiger partial charge in [-0.15, -0.1) is 0 Å². The zero-order valence-corrected chi connectivity index (χ0v) is 20.4. The molecule has 32 heavy (non-hydrogen) atoms. The van der Waals surface area contributed by atoms with E-state index in [2.05, 4.69) is 0 Å². The van der Waals surface area contributed by atoms with Crippen molar-refractivity contribution in [3.8, 4) is 0 Å². The fourth-order valence-corrected chi connectivity index (χ4v) is 8.69. The van der Waals surface area contributed by atoms with Crippen molar-refractivity contribution in [3.63, 3.8) is 0 Å². The molecule has 2 N–H and O–H groups in total. The summed E-state index contributed by atoms with van der Waals surface area (Å²) in [6.45, 7) is 0. The van der Waals surface area contributed by atoms with Gasteiger partial charge in [0.15, 0.2) is 0 Å². The topological polar surface area (TPSA) is 109 Å². The Bertz CT molecular complexity index is 954. The molecule has 4 rings (SSSR count). The summed E-state index contributed by atoms with van der Waals surface area (Å²) in [6, 6.07) is 1.74. The fourth-order valence-electron chi connectivity index (χ4n) is 6.48. The molecule has 8 heteroatoms. The van der Waals surface area contributed by atoms with Gasteiger partial charge < -0.3 is 0 Å². The van der Waals surface area contributed by atoms with E-state index in [1.165, 1.54) is 0 Å². The van der Waals surface area contributed by atoms with E-state index in [4.69, 9.17) is 0 Å². The molecule has 0 spiro atoms. The smallest absolute Gasteiger partial charge is 0.282 e. The summed E-state index contributed by atoms with van der Waals surface area (Å²) >= 11 is 0. The van der Waals surface area contributed by atoms with Crippen molar-refractivity contribution >= 4 is 20.2 Å². The Balaban J connectivity index is 2.05. The van der Waals surface area contributed by atoms with E-state index in [1.54, 1.807) is 6.07 Å². The van der Waals surface area contributed by atoms with Crippen LogP contribution >= 0.6 is 0 Å². The van der Waals surface area contributed by atoms with Gasteiger partial charge in [-0.3, -0.25) is 9.11 Å². The molecule has 0 radical (unpaired) electrons. The minimum absolute atomic E-state index is 0.0131. The first kappa shape index (κ1) is 24.2. The first-order valence-corrected chi connectivity index (χ1v) is 15.2. The van der Waals surface area contributed by atoms with Crippen LogP contribution in [-0.4, -0.2) is 25.9 Å². The van der Waals surface area contributed by atoms with Gasteiger partial charge in [0.05, 0.1) is 0 Å². The number of benzene rings is 1. The predicted molar refractivity (Wildman–Crippen MR) is 124 cm³/mol. The third kappa shape index (κ3) is 5.08. The molecule has 3 saturated carbocycles. The van der Waals surface area contributed by atoms with Crippen molar-refractivity contribution in [3.05, 3.63) is 22.8 Å². The molecular formula is C24H36O6S2. The molecule has 0 amide bonds. The van der Waals surface area contributed by atoms with Gasteiger partial charge in [-0.05, 0) is 73.0 Å². The fraction of sp³-hybridized carbons (Fsp3) is 0.750. The Hall–Kier alpha value is -0.960. The molecule has 3 fully saturated rings. The first-order valence-electron chi connectivity index (χ1n) is 12.3. The van der Waals surface area contributed by atoms with Crippen molar-refractivity contribution < 1.29 is 25.9 Å². The Morgan fingerprint density at radius 2 is 0.844 bits per heavy atom. The molecule has 6 nitrogen and oxygen atoms in total. The van der Waals surface area contributed by atoms with Gasteiger partial charge in [-0.25, -0.2) is 0 Å². The Morgan fingerprint density at radius 1 is 0.531 bits per heavy atom. The quantitative estimate of drug-likeness (QED) is 0.473. The average molecular weight is 485 g/mol. The van der Waals surface area contributed by atoms with E-state index < -0.39 is 20.2 Å². The van der Waals surface area contributed by atoms with E-state index in [0.29, 0.717) is 24.0 Å². The van der Waals surface area contributed by atoms with Gasteiger partial charge in [0.1, 0.15) is 9.79 Å². The van der Waals surface area contributed by atoms with Crippen LogP contribution in [0.25, 0.3) is 0 Å². The van der Waals surface area contributed by atoms with Crippen molar-refractivity contribution in [1.82, 2.24) is 0 Å². The Morgan fingerprint density at radius 3 is 1.16 bits per heavy atom. The summed E-state index contributed by atoms with van der Waals surface area (Å²) < 4.78 is 72.0. The van der Waals surface area contributed by atoms with Crippen LogP contribution in [-0.2, 0) is 20.2 Å². The molecule has 0 unspecified atom stereocenters. The summed E-state index contributed by atoms with van der Waals surface area (Å²) in [5, 5.41) is 0. The lowest BCUT2D eigenvalue weighted by Gasteiger charge is -2.33. The van der Waals surface area contributed by atoms with E-state index in [1.807, 2.05) is 0 Å². The highest BCUT2D eigenvalue weighted by Gasteiger charge is 2.38. The highest BCUT2D eigenvalue weighted by atomic mass is 32.2. The monoisotopic (exact) mass is 484 g/mol. The van der Waals surface area contributed by atoms with Crippen LogP contribution in [0, 0.1) is 0 Å². The Kier molecular flexibility index (Phi) is 7.35. The minimum Gasteiger partial charge on any atom is -0.282 e. The summed E-state index contributed by atoms with van der Waals surface area (Å²) in [5.41, 5.74) is 1.35. The molecule has 1 aromatic rings. The first-order chi connectivity index (χ1) is 15.2. The van der Waals surface area contributed by atoms with E-state index >= 15 is 0 Å². The van der Waals surface area contributed by atoms with Crippen molar-refractivity contribution in [1.29, 1.82) is 0 Å². The second kappa shape index (κ2) is 9.72. The molecule has 0 atom stereocenters. The lowest BCUT2D eigenvalue weighted by Crippen LogP contribution is -2.23. The van der Waals surface area contributed by atoms with Gasteiger partial charge in [0, 0.05) is 0 Å². The summed E-state index contributed by atoms with van der Waals surface area (Å²) in [4.78, 5) is -0.438. The molecule has 0 aliphatic heterocycles. The summed E-state index contributed by atoms with van der Waals surface area (Å²) in [6.07, 6.45) is 13.6. The Labute approximate surface area is 192 Å². The SMILES string of the molecule is O=S(=O)(O)c1c(C2CCCCC2)cc(C2CCCCC2)c(S(=O)(=O)O)c1C1CCCCC1.